The molecule has 0 spiro atoms. The fourth-order valence-corrected chi connectivity index (χ4v) is 2.76. The lowest BCUT2D eigenvalue weighted by Crippen LogP contribution is -2.43. The highest BCUT2D eigenvalue weighted by molar-refractivity contribution is 5.77. The van der Waals surface area contributed by atoms with Crippen molar-refractivity contribution in [3.05, 3.63) is 35.6 Å². The van der Waals surface area contributed by atoms with Crippen molar-refractivity contribution in [2.75, 3.05) is 13.2 Å². The Labute approximate surface area is 124 Å². The highest BCUT2D eigenvalue weighted by Crippen LogP contribution is 2.31. The number of carbonyl (C=O) groups is 1. The van der Waals surface area contributed by atoms with E-state index < -0.39 is 17.6 Å². The third-order valence-electron chi connectivity index (χ3n) is 3.93. The molecule has 116 valence electrons. The van der Waals surface area contributed by atoms with Crippen molar-refractivity contribution in [1.82, 2.24) is 0 Å². The Morgan fingerprint density at radius 2 is 2.10 bits per heavy atom. The van der Waals surface area contributed by atoms with Gasteiger partial charge in [-0.2, -0.15) is 0 Å². The number of halogens is 1. The maximum absolute atomic E-state index is 13.1. The van der Waals surface area contributed by atoms with E-state index in [0.717, 1.165) is 24.8 Å². The molecule has 4 nitrogen and oxygen atoms in total. The van der Waals surface area contributed by atoms with Gasteiger partial charge in [-0.25, -0.2) is 4.39 Å². The van der Waals surface area contributed by atoms with Crippen LogP contribution in [0.15, 0.2) is 24.3 Å². The molecule has 2 N–H and O–H groups in total. The second-order valence-corrected chi connectivity index (χ2v) is 5.54. The summed E-state index contributed by atoms with van der Waals surface area (Å²) >= 11 is 0. The Bertz CT molecular complexity index is 486. The lowest BCUT2D eigenvalue weighted by atomic mass is 9.92. The Hall–Kier alpha value is -1.46. The number of primary amides is 1. The van der Waals surface area contributed by atoms with Crippen LogP contribution in [0.1, 0.15) is 31.7 Å². The molecule has 1 unspecified atom stereocenters. The van der Waals surface area contributed by atoms with Crippen molar-refractivity contribution in [3.63, 3.8) is 0 Å². The number of rotatable bonds is 7. The summed E-state index contributed by atoms with van der Waals surface area (Å²) in [6.07, 6.45) is 3.07. The summed E-state index contributed by atoms with van der Waals surface area (Å²) in [6, 6.07) is 6.58. The largest absolute Gasteiger partial charge is 0.369 e. The van der Waals surface area contributed by atoms with Crippen LogP contribution in [-0.2, 0) is 20.7 Å². The van der Waals surface area contributed by atoms with Crippen molar-refractivity contribution < 1.29 is 18.7 Å². The normalized spacial score (nSPS) is 18.6. The summed E-state index contributed by atoms with van der Waals surface area (Å²) in [5.41, 5.74) is 6.43. The first kappa shape index (κ1) is 15.9. The van der Waals surface area contributed by atoms with Gasteiger partial charge in [0.1, 0.15) is 5.82 Å². The van der Waals surface area contributed by atoms with E-state index in [-0.39, 0.29) is 5.82 Å². The Kier molecular flexibility index (Phi) is 5.31. The number of carbonyl (C=O) groups excluding carboxylic acids is 1. The molecule has 0 radical (unpaired) electrons. The number of nitrogens with two attached hydrogens (primary N) is 1. The van der Waals surface area contributed by atoms with Crippen molar-refractivity contribution >= 4 is 5.91 Å². The fourth-order valence-electron chi connectivity index (χ4n) is 2.76. The minimum atomic E-state index is -0.898. The predicted molar refractivity (Wildman–Crippen MR) is 76.9 cm³/mol. The maximum Gasteiger partial charge on any atom is 0.225 e. The van der Waals surface area contributed by atoms with E-state index in [1.807, 2.05) is 6.07 Å². The van der Waals surface area contributed by atoms with E-state index in [0.29, 0.717) is 19.6 Å². The van der Waals surface area contributed by atoms with Crippen molar-refractivity contribution in [3.8, 4) is 0 Å². The SMILES string of the molecule is CC1(C(CCCCc2cccc(F)c2)C(N)=O)OCCO1. The molecule has 1 aromatic carbocycles. The number of unbranched alkanes of at least 4 members (excludes halogenated alkanes) is 1. The van der Waals surface area contributed by atoms with Gasteiger partial charge in [0.2, 0.25) is 5.91 Å². The van der Waals surface area contributed by atoms with E-state index in [9.17, 15) is 9.18 Å². The standard InChI is InChI=1S/C16H22FNO3/c1-16(20-9-10-21-16)14(15(18)19)8-3-2-5-12-6-4-7-13(17)11-12/h4,6-7,11,14H,2-3,5,8-10H2,1H3,(H2,18,19). The Morgan fingerprint density at radius 1 is 1.38 bits per heavy atom. The summed E-state index contributed by atoms with van der Waals surface area (Å²) in [7, 11) is 0. The van der Waals surface area contributed by atoms with Crippen LogP contribution in [0.3, 0.4) is 0 Å². The monoisotopic (exact) mass is 295 g/mol. The maximum atomic E-state index is 13.1. The van der Waals surface area contributed by atoms with E-state index in [2.05, 4.69) is 0 Å². The first-order valence-electron chi connectivity index (χ1n) is 7.33. The molecule has 1 heterocycles. The molecule has 1 fully saturated rings. The van der Waals surface area contributed by atoms with Gasteiger partial charge in [0.05, 0.1) is 19.1 Å². The van der Waals surface area contributed by atoms with Gasteiger partial charge in [-0.05, 0) is 43.9 Å². The van der Waals surface area contributed by atoms with Crippen LogP contribution < -0.4 is 5.73 Å². The van der Waals surface area contributed by atoms with E-state index in [1.54, 1.807) is 13.0 Å². The average molecular weight is 295 g/mol. The van der Waals surface area contributed by atoms with Crippen LogP contribution in [0.5, 0.6) is 0 Å². The molecule has 1 aromatic rings. The second-order valence-electron chi connectivity index (χ2n) is 5.54. The van der Waals surface area contributed by atoms with Crippen molar-refractivity contribution in [2.45, 2.75) is 38.4 Å². The van der Waals surface area contributed by atoms with E-state index in [1.165, 1.54) is 12.1 Å². The molecule has 0 bridgehead atoms. The van der Waals surface area contributed by atoms with E-state index in [4.69, 9.17) is 15.2 Å². The summed E-state index contributed by atoms with van der Waals surface area (Å²) in [6.45, 7) is 2.75. The molecule has 1 aliphatic heterocycles. The summed E-state index contributed by atoms with van der Waals surface area (Å²) in [4.78, 5) is 11.6. The van der Waals surface area contributed by atoms with Crippen LogP contribution in [0.4, 0.5) is 4.39 Å². The Morgan fingerprint density at radius 3 is 2.71 bits per heavy atom. The predicted octanol–water partition coefficient (Wildman–Crippen LogP) is 2.40. The van der Waals surface area contributed by atoms with E-state index >= 15 is 0 Å². The van der Waals surface area contributed by atoms with Gasteiger partial charge < -0.3 is 15.2 Å². The number of aryl methyl sites for hydroxylation is 1. The quantitative estimate of drug-likeness (QED) is 0.786. The number of ether oxygens (including phenoxy) is 2. The number of benzene rings is 1. The number of hydrogen-bond donors (Lipinski definition) is 1. The molecule has 1 saturated heterocycles. The zero-order chi connectivity index (χ0) is 15.3. The lowest BCUT2D eigenvalue weighted by molar-refractivity contribution is -0.187. The van der Waals surface area contributed by atoms with Crippen molar-refractivity contribution in [2.24, 2.45) is 11.7 Å². The van der Waals surface area contributed by atoms with Crippen LogP contribution in [0.2, 0.25) is 0 Å². The fraction of sp³-hybridized carbons (Fsp3) is 0.562. The average Bonchev–Trinajstić information content (AvgIpc) is 2.85. The molecule has 1 atom stereocenters. The zero-order valence-corrected chi connectivity index (χ0v) is 12.3. The third kappa shape index (κ3) is 4.25. The molecular formula is C16H22FNO3. The smallest absolute Gasteiger partial charge is 0.225 e. The van der Waals surface area contributed by atoms with Crippen LogP contribution >= 0.6 is 0 Å². The molecule has 21 heavy (non-hydrogen) atoms. The highest BCUT2D eigenvalue weighted by atomic mass is 19.1. The van der Waals surface area contributed by atoms with Crippen LogP contribution in [0, 0.1) is 11.7 Å². The van der Waals surface area contributed by atoms with Gasteiger partial charge in [0.25, 0.3) is 0 Å². The first-order valence-corrected chi connectivity index (χ1v) is 7.33. The van der Waals surface area contributed by atoms with Crippen LogP contribution in [-0.4, -0.2) is 24.9 Å². The zero-order valence-electron chi connectivity index (χ0n) is 12.3. The van der Waals surface area contributed by atoms with Gasteiger partial charge in [-0.3, -0.25) is 4.79 Å². The first-order chi connectivity index (χ1) is 10.0. The molecule has 1 aliphatic rings. The second kappa shape index (κ2) is 7.00. The number of amides is 1. The Balaban J connectivity index is 1.81. The van der Waals surface area contributed by atoms with Gasteiger partial charge in [0.15, 0.2) is 5.79 Å². The summed E-state index contributed by atoms with van der Waals surface area (Å²) in [5.74, 6) is -1.97. The van der Waals surface area contributed by atoms with Gasteiger partial charge in [-0.15, -0.1) is 0 Å². The molecule has 2 rings (SSSR count). The van der Waals surface area contributed by atoms with Gasteiger partial charge in [-0.1, -0.05) is 18.6 Å². The molecule has 1 amide bonds. The minimum Gasteiger partial charge on any atom is -0.369 e. The lowest BCUT2D eigenvalue weighted by Gasteiger charge is -2.30. The molecule has 0 aromatic heterocycles. The molecule has 0 saturated carbocycles. The topological polar surface area (TPSA) is 61.6 Å². The minimum absolute atomic E-state index is 0.220. The highest BCUT2D eigenvalue weighted by Gasteiger charge is 2.42. The number of hydrogen-bond acceptors (Lipinski definition) is 3. The van der Waals surface area contributed by atoms with Gasteiger partial charge >= 0.3 is 0 Å². The molecule has 0 aliphatic carbocycles. The molecular weight excluding hydrogens is 273 g/mol. The van der Waals surface area contributed by atoms with Crippen molar-refractivity contribution in [1.29, 1.82) is 0 Å². The van der Waals surface area contributed by atoms with Gasteiger partial charge in [0, 0.05) is 0 Å². The third-order valence-corrected chi connectivity index (χ3v) is 3.93. The van der Waals surface area contributed by atoms with Crippen LogP contribution in [0.25, 0.3) is 0 Å². The molecule has 5 heteroatoms. The summed E-state index contributed by atoms with van der Waals surface area (Å²) in [5, 5.41) is 0. The summed E-state index contributed by atoms with van der Waals surface area (Å²) < 4.78 is 24.1.